The Kier molecular flexibility index (Phi) is 6.60. The van der Waals surface area contributed by atoms with Gasteiger partial charge in [0.05, 0.1) is 12.8 Å². The number of carbonyl (C=O) groups excluding carboxylic acids is 1. The molecule has 3 rings (SSSR count). The average Bonchev–Trinajstić information content (AvgIpc) is 3.22. The van der Waals surface area contributed by atoms with E-state index in [1.165, 1.54) is 6.07 Å². The maximum atomic E-state index is 13.4. The van der Waals surface area contributed by atoms with Gasteiger partial charge in [0.15, 0.2) is 11.6 Å². The topological polar surface area (TPSA) is 63.5 Å². The molecule has 0 fully saturated rings. The highest BCUT2D eigenvalue weighted by Gasteiger charge is 2.18. The summed E-state index contributed by atoms with van der Waals surface area (Å²) in [5.74, 6) is 0.286. The molecule has 0 saturated heterocycles. The zero-order valence-corrected chi connectivity index (χ0v) is 14.7. The van der Waals surface area contributed by atoms with Crippen molar-refractivity contribution < 1.29 is 18.3 Å². The van der Waals surface area contributed by atoms with E-state index in [-0.39, 0.29) is 30.9 Å². The summed E-state index contributed by atoms with van der Waals surface area (Å²) in [7, 11) is 0. The summed E-state index contributed by atoms with van der Waals surface area (Å²) < 4.78 is 24.3. The second kappa shape index (κ2) is 9.54. The molecule has 5 nitrogen and oxygen atoms in total. The van der Waals surface area contributed by atoms with Gasteiger partial charge in [-0.15, -0.1) is 0 Å². The van der Waals surface area contributed by atoms with Crippen LogP contribution in [0.4, 0.5) is 4.39 Å². The smallest absolute Gasteiger partial charge is 0.234 e. The number of halogens is 1. The van der Waals surface area contributed by atoms with Crippen LogP contribution < -0.4 is 15.4 Å². The molecule has 0 saturated carbocycles. The highest BCUT2D eigenvalue weighted by Crippen LogP contribution is 2.22. The van der Waals surface area contributed by atoms with Crippen molar-refractivity contribution in [2.24, 2.45) is 0 Å². The Balaban J connectivity index is 1.46. The van der Waals surface area contributed by atoms with Gasteiger partial charge >= 0.3 is 0 Å². The number of nitrogens with one attached hydrogen (secondary N) is 2. The number of amides is 1. The standard InChI is InChI=1S/C21H21FN2O3/c22-17-9-4-5-10-18(17)27-14-12-23-15-20(25)24-21(19-11-6-13-26-19)16-7-2-1-3-8-16/h1-11,13,21,23H,12,14-15H2,(H,24,25)/t21-/m0/s1. The van der Waals surface area contributed by atoms with E-state index >= 15 is 0 Å². The quantitative estimate of drug-likeness (QED) is 0.569. The van der Waals surface area contributed by atoms with Crippen LogP contribution in [-0.2, 0) is 4.79 Å². The molecule has 2 N–H and O–H groups in total. The summed E-state index contributed by atoms with van der Waals surface area (Å²) in [4.78, 5) is 12.3. The van der Waals surface area contributed by atoms with E-state index < -0.39 is 5.82 Å². The van der Waals surface area contributed by atoms with Crippen molar-refractivity contribution in [3.05, 3.63) is 90.1 Å². The zero-order valence-electron chi connectivity index (χ0n) is 14.7. The van der Waals surface area contributed by atoms with Crippen molar-refractivity contribution in [1.29, 1.82) is 0 Å². The van der Waals surface area contributed by atoms with E-state index in [4.69, 9.17) is 9.15 Å². The van der Waals surface area contributed by atoms with Crippen molar-refractivity contribution >= 4 is 5.91 Å². The van der Waals surface area contributed by atoms with Crippen LogP contribution in [0.25, 0.3) is 0 Å². The van der Waals surface area contributed by atoms with E-state index in [0.29, 0.717) is 12.3 Å². The van der Waals surface area contributed by atoms with Crippen molar-refractivity contribution in [3.8, 4) is 5.75 Å². The fraction of sp³-hybridized carbons (Fsp3) is 0.190. The molecule has 0 spiro atoms. The van der Waals surface area contributed by atoms with E-state index in [1.54, 1.807) is 30.5 Å². The number of carbonyl (C=O) groups is 1. The fourth-order valence-corrected chi connectivity index (χ4v) is 2.63. The number of rotatable bonds is 9. The van der Waals surface area contributed by atoms with Crippen molar-refractivity contribution in [2.75, 3.05) is 19.7 Å². The van der Waals surface area contributed by atoms with Crippen LogP contribution in [0.3, 0.4) is 0 Å². The molecule has 140 valence electrons. The van der Waals surface area contributed by atoms with Crippen molar-refractivity contribution in [2.45, 2.75) is 6.04 Å². The van der Waals surface area contributed by atoms with Crippen LogP contribution in [0.1, 0.15) is 17.4 Å². The third kappa shape index (κ3) is 5.43. The van der Waals surface area contributed by atoms with Gasteiger partial charge in [-0.2, -0.15) is 0 Å². The van der Waals surface area contributed by atoms with Gasteiger partial charge in [-0.1, -0.05) is 42.5 Å². The maximum absolute atomic E-state index is 13.4. The third-order valence-electron chi connectivity index (χ3n) is 3.92. The van der Waals surface area contributed by atoms with Gasteiger partial charge in [0.25, 0.3) is 0 Å². The Morgan fingerprint density at radius 3 is 2.56 bits per heavy atom. The highest BCUT2D eigenvalue weighted by molar-refractivity contribution is 5.78. The SMILES string of the molecule is O=C(CNCCOc1ccccc1F)N[C@@H](c1ccccc1)c1ccco1. The molecule has 1 heterocycles. The minimum absolute atomic E-state index is 0.116. The van der Waals surface area contributed by atoms with Crippen LogP contribution in [0.5, 0.6) is 5.75 Å². The summed E-state index contributed by atoms with van der Waals surface area (Å²) in [5, 5.41) is 5.94. The first-order valence-corrected chi connectivity index (χ1v) is 8.70. The first-order valence-electron chi connectivity index (χ1n) is 8.70. The molecule has 0 bridgehead atoms. The third-order valence-corrected chi connectivity index (χ3v) is 3.92. The molecule has 2 aromatic carbocycles. The van der Waals surface area contributed by atoms with Crippen LogP contribution in [-0.4, -0.2) is 25.6 Å². The van der Waals surface area contributed by atoms with Gasteiger partial charge in [0, 0.05) is 6.54 Å². The minimum atomic E-state index is -0.403. The number of benzene rings is 2. The second-order valence-corrected chi connectivity index (χ2v) is 5.88. The Morgan fingerprint density at radius 1 is 1.04 bits per heavy atom. The second-order valence-electron chi connectivity index (χ2n) is 5.88. The zero-order chi connectivity index (χ0) is 18.9. The molecule has 0 radical (unpaired) electrons. The summed E-state index contributed by atoms with van der Waals surface area (Å²) in [6.07, 6.45) is 1.58. The molecular formula is C21H21FN2O3. The molecule has 0 aliphatic carbocycles. The van der Waals surface area contributed by atoms with Crippen molar-refractivity contribution in [1.82, 2.24) is 10.6 Å². The lowest BCUT2D eigenvalue weighted by molar-refractivity contribution is -0.120. The molecule has 6 heteroatoms. The largest absolute Gasteiger partial charge is 0.489 e. The van der Waals surface area contributed by atoms with Crippen molar-refractivity contribution in [3.63, 3.8) is 0 Å². The molecule has 0 aliphatic heterocycles. The number of hydrogen-bond acceptors (Lipinski definition) is 4. The number of hydrogen-bond donors (Lipinski definition) is 2. The van der Waals surface area contributed by atoms with E-state index in [2.05, 4.69) is 10.6 Å². The van der Waals surface area contributed by atoms with E-state index in [9.17, 15) is 9.18 Å². The minimum Gasteiger partial charge on any atom is -0.489 e. The van der Waals surface area contributed by atoms with Crippen LogP contribution in [0, 0.1) is 5.82 Å². The first-order chi connectivity index (χ1) is 13.2. The van der Waals surface area contributed by atoms with Gasteiger partial charge in [0.2, 0.25) is 5.91 Å². The number of para-hydroxylation sites is 1. The van der Waals surface area contributed by atoms with E-state index in [1.807, 2.05) is 36.4 Å². The predicted molar refractivity (Wildman–Crippen MR) is 99.9 cm³/mol. The Labute approximate surface area is 157 Å². The molecule has 1 amide bonds. The van der Waals surface area contributed by atoms with Gasteiger partial charge in [-0.3, -0.25) is 4.79 Å². The van der Waals surface area contributed by atoms with Gasteiger partial charge < -0.3 is 19.8 Å². The number of ether oxygens (including phenoxy) is 1. The summed E-state index contributed by atoms with van der Waals surface area (Å²) in [6.45, 7) is 0.789. The van der Waals surface area contributed by atoms with Gasteiger partial charge in [-0.25, -0.2) is 4.39 Å². The summed E-state index contributed by atoms with van der Waals surface area (Å²) >= 11 is 0. The molecule has 27 heavy (non-hydrogen) atoms. The lowest BCUT2D eigenvalue weighted by Crippen LogP contribution is -2.37. The van der Waals surface area contributed by atoms with Crippen LogP contribution in [0.2, 0.25) is 0 Å². The Morgan fingerprint density at radius 2 is 1.81 bits per heavy atom. The molecule has 0 aliphatic rings. The van der Waals surface area contributed by atoms with E-state index in [0.717, 1.165) is 5.56 Å². The van der Waals surface area contributed by atoms with Crippen LogP contribution in [0.15, 0.2) is 77.4 Å². The summed E-state index contributed by atoms with van der Waals surface area (Å²) in [5.41, 5.74) is 0.934. The lowest BCUT2D eigenvalue weighted by Gasteiger charge is -2.17. The summed E-state index contributed by atoms with van der Waals surface area (Å²) in [6, 6.07) is 19.1. The monoisotopic (exact) mass is 368 g/mol. The maximum Gasteiger partial charge on any atom is 0.234 e. The van der Waals surface area contributed by atoms with Crippen LogP contribution >= 0.6 is 0 Å². The first kappa shape index (κ1) is 18.7. The normalized spacial score (nSPS) is 11.7. The highest BCUT2D eigenvalue weighted by atomic mass is 19.1. The predicted octanol–water partition coefficient (Wildman–Crippen LogP) is 3.29. The van der Waals surface area contributed by atoms with Gasteiger partial charge in [0.1, 0.15) is 18.4 Å². The molecule has 0 unspecified atom stereocenters. The molecule has 1 aromatic heterocycles. The molecule has 1 atom stereocenters. The Bertz CT molecular complexity index is 838. The molecule has 3 aromatic rings. The average molecular weight is 368 g/mol. The number of furan rings is 1. The Hall–Kier alpha value is -3.12. The van der Waals surface area contributed by atoms with Gasteiger partial charge in [-0.05, 0) is 29.8 Å². The lowest BCUT2D eigenvalue weighted by atomic mass is 10.0. The molecular weight excluding hydrogens is 347 g/mol. The fourth-order valence-electron chi connectivity index (χ4n) is 2.63.